The maximum atomic E-state index is 11.4. The molecule has 0 aromatic heterocycles. The number of hydrogen-bond donors (Lipinski definition) is 0. The molecule has 4 heteroatoms. The fourth-order valence-electron chi connectivity index (χ4n) is 1.12. The van der Waals surface area contributed by atoms with Gasteiger partial charge in [0.25, 0.3) is 0 Å². The van der Waals surface area contributed by atoms with Crippen LogP contribution in [-0.4, -0.2) is 20.1 Å². The van der Waals surface area contributed by atoms with Gasteiger partial charge in [0.15, 0.2) is 5.75 Å². The number of ether oxygens (including phenoxy) is 1. The van der Waals surface area contributed by atoms with Crippen LogP contribution in [0, 0.1) is 11.3 Å². The number of nitrogens with zero attached hydrogens (tertiary/aromatic N) is 2. The molecule has 0 bridgehead atoms. The summed E-state index contributed by atoms with van der Waals surface area (Å²) in [7, 11) is 3.68. The molecule has 0 aliphatic heterocycles. The van der Waals surface area contributed by atoms with Crippen LogP contribution < -0.4 is 9.64 Å². The average molecular weight is 216 g/mol. The van der Waals surface area contributed by atoms with Crippen molar-refractivity contribution >= 4 is 11.7 Å². The summed E-state index contributed by atoms with van der Waals surface area (Å²) in [5.74, 6) is -0.314. The van der Waals surface area contributed by atoms with Gasteiger partial charge in [-0.2, -0.15) is 5.26 Å². The molecule has 1 aromatic carbocycles. The molecule has 1 rings (SSSR count). The first kappa shape index (κ1) is 11.8. The zero-order chi connectivity index (χ0) is 12.1. The predicted octanol–water partition coefficient (Wildman–Crippen LogP) is 1.74. The summed E-state index contributed by atoms with van der Waals surface area (Å²) < 4.78 is 5.06. The van der Waals surface area contributed by atoms with E-state index in [1.54, 1.807) is 18.2 Å². The van der Waals surface area contributed by atoms with Crippen LogP contribution in [-0.2, 0) is 4.79 Å². The molecule has 4 nitrogen and oxygen atoms in total. The highest BCUT2D eigenvalue weighted by atomic mass is 16.5. The lowest BCUT2D eigenvalue weighted by Crippen LogP contribution is -2.14. The highest BCUT2D eigenvalue weighted by Gasteiger charge is 2.12. The van der Waals surface area contributed by atoms with E-state index in [4.69, 9.17) is 10.00 Å². The molecule has 0 fully saturated rings. The zero-order valence-corrected chi connectivity index (χ0v) is 9.23. The van der Waals surface area contributed by atoms with Crippen molar-refractivity contribution < 1.29 is 9.53 Å². The Kier molecular flexibility index (Phi) is 3.67. The molecule has 16 heavy (non-hydrogen) atoms. The SMILES string of the molecule is C=C(C#N)C(=O)Oc1ccccc1N(C)C. The Morgan fingerprint density at radius 3 is 2.62 bits per heavy atom. The van der Waals surface area contributed by atoms with Crippen LogP contribution >= 0.6 is 0 Å². The van der Waals surface area contributed by atoms with Gasteiger partial charge in [0.2, 0.25) is 0 Å². The lowest BCUT2D eigenvalue weighted by Gasteiger charge is -2.16. The Hall–Kier alpha value is -2.28. The number of nitriles is 1. The predicted molar refractivity (Wildman–Crippen MR) is 61.2 cm³/mol. The lowest BCUT2D eigenvalue weighted by molar-refractivity contribution is -0.129. The van der Waals surface area contributed by atoms with Gasteiger partial charge in [-0.25, -0.2) is 4.79 Å². The van der Waals surface area contributed by atoms with Gasteiger partial charge < -0.3 is 9.64 Å². The second-order valence-electron chi connectivity index (χ2n) is 3.34. The van der Waals surface area contributed by atoms with Crippen molar-refractivity contribution in [2.24, 2.45) is 0 Å². The van der Waals surface area contributed by atoms with Crippen LogP contribution in [0.1, 0.15) is 0 Å². The first-order chi connectivity index (χ1) is 7.56. The number of anilines is 1. The molecule has 0 heterocycles. The van der Waals surface area contributed by atoms with Crippen molar-refractivity contribution in [1.82, 2.24) is 0 Å². The van der Waals surface area contributed by atoms with E-state index in [-0.39, 0.29) is 5.57 Å². The van der Waals surface area contributed by atoms with Gasteiger partial charge >= 0.3 is 5.97 Å². The molecule has 0 saturated heterocycles. The molecule has 0 saturated carbocycles. The molecule has 0 amide bonds. The normalized spacial score (nSPS) is 9.06. The lowest BCUT2D eigenvalue weighted by atomic mass is 10.2. The van der Waals surface area contributed by atoms with Crippen LogP contribution in [0.5, 0.6) is 5.75 Å². The minimum Gasteiger partial charge on any atom is -0.420 e. The summed E-state index contributed by atoms with van der Waals surface area (Å²) in [6.45, 7) is 3.29. The first-order valence-corrected chi connectivity index (χ1v) is 4.63. The van der Waals surface area contributed by atoms with E-state index in [1.165, 1.54) is 0 Å². The molecule has 0 N–H and O–H groups in total. The Labute approximate surface area is 94.4 Å². The van der Waals surface area contributed by atoms with E-state index in [9.17, 15) is 4.79 Å². The molecular formula is C12H12N2O2. The zero-order valence-electron chi connectivity index (χ0n) is 9.23. The highest BCUT2D eigenvalue weighted by Crippen LogP contribution is 2.26. The molecule has 0 unspecified atom stereocenters. The van der Waals surface area contributed by atoms with E-state index in [0.29, 0.717) is 5.75 Å². The van der Waals surface area contributed by atoms with Crippen molar-refractivity contribution in [1.29, 1.82) is 5.26 Å². The van der Waals surface area contributed by atoms with Crippen molar-refractivity contribution in [3.05, 3.63) is 36.4 Å². The van der Waals surface area contributed by atoms with Crippen molar-refractivity contribution in [3.8, 4) is 11.8 Å². The smallest absolute Gasteiger partial charge is 0.353 e. The molecule has 1 aromatic rings. The topological polar surface area (TPSA) is 53.3 Å². The van der Waals surface area contributed by atoms with Crippen LogP contribution in [0.3, 0.4) is 0 Å². The van der Waals surface area contributed by atoms with Crippen LogP contribution in [0.25, 0.3) is 0 Å². The summed E-state index contributed by atoms with van der Waals surface area (Å²) in [4.78, 5) is 13.2. The Morgan fingerprint density at radius 2 is 2.06 bits per heavy atom. The molecule has 82 valence electrons. The van der Waals surface area contributed by atoms with Crippen molar-refractivity contribution in [3.63, 3.8) is 0 Å². The number of benzene rings is 1. The minimum atomic E-state index is -0.725. The van der Waals surface area contributed by atoms with E-state index in [2.05, 4.69) is 6.58 Å². The van der Waals surface area contributed by atoms with E-state index in [0.717, 1.165) is 5.69 Å². The third-order valence-electron chi connectivity index (χ3n) is 1.93. The highest BCUT2D eigenvalue weighted by molar-refractivity contribution is 5.94. The number of carbonyl (C=O) groups excluding carboxylic acids is 1. The number of esters is 1. The molecule has 0 atom stereocenters. The van der Waals surface area contributed by atoms with E-state index in [1.807, 2.05) is 31.1 Å². The quantitative estimate of drug-likeness (QED) is 0.334. The number of rotatable bonds is 3. The maximum absolute atomic E-state index is 11.4. The third-order valence-corrected chi connectivity index (χ3v) is 1.93. The van der Waals surface area contributed by atoms with Gasteiger partial charge in [-0.3, -0.25) is 0 Å². The van der Waals surface area contributed by atoms with Gasteiger partial charge in [-0.05, 0) is 12.1 Å². The van der Waals surface area contributed by atoms with Crippen LogP contribution in [0.2, 0.25) is 0 Å². The Morgan fingerprint density at radius 1 is 1.44 bits per heavy atom. The average Bonchev–Trinajstić information content (AvgIpc) is 2.28. The van der Waals surface area contributed by atoms with Gasteiger partial charge in [-0.15, -0.1) is 0 Å². The minimum absolute atomic E-state index is 0.214. The fourth-order valence-corrected chi connectivity index (χ4v) is 1.12. The van der Waals surface area contributed by atoms with Crippen molar-refractivity contribution in [2.75, 3.05) is 19.0 Å². The van der Waals surface area contributed by atoms with Crippen LogP contribution in [0.15, 0.2) is 36.4 Å². The van der Waals surface area contributed by atoms with Crippen LogP contribution in [0.4, 0.5) is 5.69 Å². The van der Waals surface area contributed by atoms with E-state index < -0.39 is 5.97 Å². The Bertz CT molecular complexity index is 458. The van der Waals surface area contributed by atoms with Crippen molar-refractivity contribution in [2.45, 2.75) is 0 Å². The second-order valence-corrected chi connectivity index (χ2v) is 3.34. The monoisotopic (exact) mass is 216 g/mol. The summed E-state index contributed by atoms with van der Waals surface area (Å²) >= 11 is 0. The largest absolute Gasteiger partial charge is 0.420 e. The number of para-hydroxylation sites is 2. The molecule has 0 aliphatic carbocycles. The van der Waals surface area contributed by atoms with E-state index >= 15 is 0 Å². The summed E-state index contributed by atoms with van der Waals surface area (Å²) in [6, 6.07) is 8.73. The molecule has 0 radical (unpaired) electrons. The van der Waals surface area contributed by atoms with Gasteiger partial charge in [-0.1, -0.05) is 18.7 Å². The summed E-state index contributed by atoms with van der Waals surface area (Å²) in [5.41, 5.74) is 0.551. The number of carbonyl (C=O) groups is 1. The Balaban J connectivity index is 2.94. The molecule has 0 spiro atoms. The standard InChI is InChI=1S/C12H12N2O2/c1-9(8-13)12(15)16-11-7-5-4-6-10(11)14(2)3/h4-7H,1H2,2-3H3. The first-order valence-electron chi connectivity index (χ1n) is 4.63. The summed E-state index contributed by atoms with van der Waals surface area (Å²) in [6.07, 6.45) is 0. The van der Waals surface area contributed by atoms with Gasteiger partial charge in [0.1, 0.15) is 11.6 Å². The molecule has 0 aliphatic rings. The van der Waals surface area contributed by atoms with Gasteiger partial charge in [0, 0.05) is 14.1 Å². The third kappa shape index (κ3) is 2.61. The fraction of sp³-hybridized carbons (Fsp3) is 0.167. The van der Waals surface area contributed by atoms with Gasteiger partial charge in [0.05, 0.1) is 5.69 Å². The number of hydrogen-bond acceptors (Lipinski definition) is 4. The molecular weight excluding hydrogens is 204 g/mol. The summed E-state index contributed by atoms with van der Waals surface area (Å²) in [5, 5.41) is 8.50. The maximum Gasteiger partial charge on any atom is 0.353 e. The second kappa shape index (κ2) is 4.99.